The average Bonchev–Trinajstić information content (AvgIpc) is 2.14. The second-order valence-corrected chi connectivity index (χ2v) is 4.75. The largest absolute Gasteiger partial charge is 0.424 e. The highest BCUT2D eigenvalue weighted by atomic mass is 79.9. The molecule has 0 aliphatic carbocycles. The van der Waals surface area contributed by atoms with E-state index in [0.29, 0.717) is 10.8 Å². The minimum Gasteiger partial charge on any atom is -0.424 e. The summed E-state index contributed by atoms with van der Waals surface area (Å²) >= 11 is 8.88. The summed E-state index contributed by atoms with van der Waals surface area (Å²) in [6, 6.07) is 7.23. The zero-order valence-corrected chi connectivity index (χ0v) is 11.9. The lowest BCUT2D eigenvalue weighted by Gasteiger charge is -2.06. The minimum atomic E-state index is 0.0554. The number of halogens is 2. The Morgan fingerprint density at radius 2 is 2.18 bits per heavy atom. The van der Waals surface area contributed by atoms with Gasteiger partial charge >= 0.3 is 6.02 Å². The summed E-state index contributed by atoms with van der Waals surface area (Å²) < 4.78 is 5.69. The lowest BCUT2D eigenvalue weighted by Crippen LogP contribution is -2.13. The third-order valence-electron chi connectivity index (χ3n) is 1.58. The molecule has 0 heterocycles. The third kappa shape index (κ3) is 5.70. The second kappa shape index (κ2) is 6.61. The van der Waals surface area contributed by atoms with Crippen molar-refractivity contribution in [3.05, 3.63) is 29.3 Å². The zero-order valence-electron chi connectivity index (χ0n) is 9.52. The predicted octanol–water partition coefficient (Wildman–Crippen LogP) is 3.19. The lowest BCUT2D eigenvalue weighted by atomic mass is 10.3. The first-order valence-corrected chi connectivity index (χ1v) is 6.15. The van der Waals surface area contributed by atoms with Crippen molar-refractivity contribution >= 4 is 38.3 Å². The summed E-state index contributed by atoms with van der Waals surface area (Å²) in [6.07, 6.45) is 0. The summed E-state index contributed by atoms with van der Waals surface area (Å²) in [6.45, 7) is 3.84. The summed E-state index contributed by atoms with van der Waals surface area (Å²) in [5.74, 6) is 0.564. The number of aliphatic imine (C=N–C) groups is 2. The van der Waals surface area contributed by atoms with Gasteiger partial charge in [-0.25, -0.2) is 4.99 Å². The van der Waals surface area contributed by atoms with Crippen LogP contribution in [0, 0.1) is 0 Å². The van der Waals surface area contributed by atoms with Gasteiger partial charge in [0.2, 0.25) is 0 Å². The molecule has 0 fully saturated rings. The monoisotopic (exact) mass is 317 g/mol. The van der Waals surface area contributed by atoms with Gasteiger partial charge in [-0.15, -0.1) is 0 Å². The van der Waals surface area contributed by atoms with Crippen LogP contribution < -0.4 is 10.5 Å². The molecule has 0 radical (unpaired) electrons. The molecule has 4 nitrogen and oxygen atoms in total. The highest BCUT2D eigenvalue weighted by Gasteiger charge is 2.04. The van der Waals surface area contributed by atoms with Crippen LogP contribution in [0.5, 0.6) is 5.75 Å². The number of ether oxygens (including phenoxy) is 1. The van der Waals surface area contributed by atoms with E-state index in [1.807, 2.05) is 13.8 Å². The normalized spacial score (nSPS) is 13.0. The molecule has 0 aliphatic rings. The van der Waals surface area contributed by atoms with E-state index in [2.05, 4.69) is 25.9 Å². The van der Waals surface area contributed by atoms with Crippen molar-refractivity contribution in [3.8, 4) is 5.75 Å². The van der Waals surface area contributed by atoms with Crippen molar-refractivity contribution in [2.45, 2.75) is 19.9 Å². The Bertz CT molecular complexity index is 442. The van der Waals surface area contributed by atoms with Crippen LogP contribution in [-0.4, -0.2) is 16.8 Å². The van der Waals surface area contributed by atoms with E-state index in [-0.39, 0.29) is 16.8 Å². The van der Waals surface area contributed by atoms with Gasteiger partial charge in [0.1, 0.15) is 5.75 Å². The Hall–Kier alpha value is -1.07. The van der Waals surface area contributed by atoms with E-state index in [0.717, 1.165) is 0 Å². The minimum absolute atomic E-state index is 0.0554. The van der Waals surface area contributed by atoms with Crippen LogP contribution >= 0.6 is 27.5 Å². The second-order valence-electron chi connectivity index (χ2n) is 3.50. The number of nitrogens with zero attached hydrogens (tertiary/aromatic N) is 2. The average molecular weight is 319 g/mol. The molecule has 0 amide bonds. The van der Waals surface area contributed by atoms with E-state index >= 15 is 0 Å². The van der Waals surface area contributed by atoms with Crippen LogP contribution in [0.4, 0.5) is 0 Å². The molecule has 0 saturated heterocycles. The molecule has 0 spiro atoms. The molecular weight excluding hydrogens is 305 g/mol. The molecule has 1 rings (SSSR count). The zero-order chi connectivity index (χ0) is 12.8. The highest BCUT2D eigenvalue weighted by Crippen LogP contribution is 2.17. The quantitative estimate of drug-likeness (QED) is 0.517. The van der Waals surface area contributed by atoms with Crippen LogP contribution in [-0.2, 0) is 0 Å². The Balaban J connectivity index is 2.91. The standard InChI is InChI=1S/C11H13BrClN3O/c1-7(2)15-11(16-10(12)14)17-9-5-3-4-8(13)6-9/h3-7H,1-2H3,(H2,14,15,16). The summed E-state index contributed by atoms with van der Waals surface area (Å²) in [7, 11) is 0. The first-order valence-electron chi connectivity index (χ1n) is 4.98. The van der Waals surface area contributed by atoms with Gasteiger partial charge in [0.15, 0.2) is 4.74 Å². The molecule has 0 saturated carbocycles. The number of benzene rings is 1. The number of rotatable bonds is 2. The smallest absolute Gasteiger partial charge is 0.319 e. The topological polar surface area (TPSA) is 60.0 Å². The summed E-state index contributed by atoms with van der Waals surface area (Å²) in [5, 5.41) is 0.585. The molecule has 17 heavy (non-hydrogen) atoms. The maximum atomic E-state index is 5.85. The van der Waals surface area contributed by atoms with E-state index in [9.17, 15) is 0 Å². The van der Waals surface area contributed by atoms with Crippen molar-refractivity contribution in [2.75, 3.05) is 0 Å². The first-order chi connectivity index (χ1) is 7.97. The molecular formula is C11H13BrClN3O. The molecule has 92 valence electrons. The van der Waals surface area contributed by atoms with Gasteiger partial charge in [0.05, 0.1) is 0 Å². The van der Waals surface area contributed by atoms with Gasteiger partial charge < -0.3 is 10.5 Å². The third-order valence-corrected chi connectivity index (χ3v) is 1.99. The van der Waals surface area contributed by atoms with Crippen molar-refractivity contribution in [2.24, 2.45) is 15.7 Å². The molecule has 0 atom stereocenters. The lowest BCUT2D eigenvalue weighted by molar-refractivity contribution is 0.534. The number of nitrogens with two attached hydrogens (primary N) is 1. The number of hydrogen-bond acceptors (Lipinski definition) is 2. The fourth-order valence-corrected chi connectivity index (χ4v) is 1.36. The molecule has 1 aromatic rings. The maximum absolute atomic E-state index is 5.85. The summed E-state index contributed by atoms with van der Waals surface area (Å²) in [4.78, 5) is 8.13. The first kappa shape index (κ1) is 14.0. The van der Waals surface area contributed by atoms with E-state index in [1.54, 1.807) is 24.3 Å². The summed E-state index contributed by atoms with van der Waals surface area (Å²) in [5.41, 5.74) is 5.43. The van der Waals surface area contributed by atoms with Crippen molar-refractivity contribution in [1.29, 1.82) is 0 Å². The van der Waals surface area contributed by atoms with Gasteiger partial charge in [-0.05, 0) is 48.0 Å². The van der Waals surface area contributed by atoms with Crippen LogP contribution in [0.3, 0.4) is 0 Å². The van der Waals surface area contributed by atoms with Crippen LogP contribution in [0.25, 0.3) is 0 Å². The molecule has 2 N–H and O–H groups in total. The molecule has 0 aromatic heterocycles. The highest BCUT2D eigenvalue weighted by molar-refractivity contribution is 9.18. The number of amidine groups is 2. The van der Waals surface area contributed by atoms with Crippen molar-refractivity contribution in [3.63, 3.8) is 0 Å². The molecule has 1 aromatic carbocycles. The van der Waals surface area contributed by atoms with Gasteiger partial charge in [0.25, 0.3) is 0 Å². The van der Waals surface area contributed by atoms with E-state index in [1.165, 1.54) is 0 Å². The Kier molecular flexibility index (Phi) is 5.44. The maximum Gasteiger partial charge on any atom is 0.319 e. The van der Waals surface area contributed by atoms with Crippen molar-refractivity contribution in [1.82, 2.24) is 0 Å². The van der Waals surface area contributed by atoms with E-state index < -0.39 is 0 Å². The van der Waals surface area contributed by atoms with Gasteiger partial charge in [-0.3, -0.25) is 0 Å². The number of hydrogen-bond donors (Lipinski definition) is 1. The molecule has 0 aliphatic heterocycles. The Morgan fingerprint density at radius 3 is 2.71 bits per heavy atom. The predicted molar refractivity (Wildman–Crippen MR) is 75.2 cm³/mol. The fourth-order valence-electron chi connectivity index (χ4n) is 1.03. The fraction of sp³-hybridized carbons (Fsp3) is 0.273. The molecule has 0 unspecified atom stereocenters. The Morgan fingerprint density at radius 1 is 1.47 bits per heavy atom. The van der Waals surface area contributed by atoms with Crippen LogP contribution in [0.15, 0.2) is 34.3 Å². The Labute approximate surface area is 114 Å². The molecule has 0 bridgehead atoms. The van der Waals surface area contributed by atoms with Gasteiger partial charge in [-0.1, -0.05) is 17.7 Å². The van der Waals surface area contributed by atoms with Gasteiger partial charge in [0, 0.05) is 11.1 Å². The van der Waals surface area contributed by atoms with Gasteiger partial charge in [-0.2, -0.15) is 4.99 Å². The van der Waals surface area contributed by atoms with Crippen molar-refractivity contribution < 1.29 is 4.74 Å². The van der Waals surface area contributed by atoms with Crippen LogP contribution in [0.1, 0.15) is 13.8 Å². The molecule has 6 heteroatoms. The van der Waals surface area contributed by atoms with E-state index in [4.69, 9.17) is 22.1 Å². The SMILES string of the molecule is CC(C)N=C(/N=C(\N)Br)Oc1cccc(Cl)c1. The van der Waals surface area contributed by atoms with Crippen LogP contribution in [0.2, 0.25) is 5.02 Å².